The monoisotopic (exact) mass is 365 g/mol. The van der Waals surface area contributed by atoms with Crippen LogP contribution in [0.4, 0.5) is 0 Å². The quantitative estimate of drug-likeness (QED) is 0.476. The average Bonchev–Trinajstić information content (AvgIpc) is 2.98. The maximum atomic E-state index is 12.4. The summed E-state index contributed by atoms with van der Waals surface area (Å²) in [5.74, 6) is 0.129. The lowest BCUT2D eigenvalue weighted by atomic mass is 9.95. The second-order valence-corrected chi connectivity index (χ2v) is 6.58. The van der Waals surface area contributed by atoms with Gasteiger partial charge in [0.1, 0.15) is 10.9 Å². The van der Waals surface area contributed by atoms with Crippen LogP contribution in [-0.4, -0.2) is 20.3 Å². The van der Waals surface area contributed by atoms with Gasteiger partial charge in [0, 0.05) is 22.9 Å². The van der Waals surface area contributed by atoms with Crippen molar-refractivity contribution in [1.29, 1.82) is 0 Å². The van der Waals surface area contributed by atoms with Crippen molar-refractivity contribution in [3.63, 3.8) is 0 Å². The maximum Gasteiger partial charge on any atom is 0.268 e. The van der Waals surface area contributed by atoms with Crippen LogP contribution in [0, 0.1) is 6.92 Å². The predicted molar refractivity (Wildman–Crippen MR) is 103 cm³/mol. The summed E-state index contributed by atoms with van der Waals surface area (Å²) in [6.45, 7) is 1.91. The second-order valence-electron chi connectivity index (χ2n) is 6.19. The molecule has 0 saturated carbocycles. The Morgan fingerprint density at radius 1 is 1.08 bits per heavy atom. The fraction of sp³-hybridized carbons (Fsp3) is 0.100. The molecule has 0 aliphatic heterocycles. The molecule has 0 saturated heterocycles. The third kappa shape index (κ3) is 2.76. The van der Waals surface area contributed by atoms with E-state index in [4.69, 9.17) is 11.6 Å². The van der Waals surface area contributed by atoms with Gasteiger partial charge in [-0.1, -0.05) is 41.9 Å². The molecule has 2 aromatic carbocycles. The molecule has 130 valence electrons. The molecule has 6 heteroatoms. The van der Waals surface area contributed by atoms with Gasteiger partial charge in [-0.3, -0.25) is 15.0 Å². The summed E-state index contributed by atoms with van der Waals surface area (Å²) in [4.78, 5) is 16.7. The number of nitrogens with one attached hydrogen (secondary N) is 2. The third-order valence-corrected chi connectivity index (χ3v) is 4.71. The molecule has 5 nitrogen and oxygen atoms in total. The average molecular weight is 366 g/mol. The lowest BCUT2D eigenvalue weighted by Gasteiger charge is -2.11. The summed E-state index contributed by atoms with van der Waals surface area (Å²) in [7, 11) is 0. The van der Waals surface area contributed by atoms with Crippen molar-refractivity contribution in [3.05, 3.63) is 80.7 Å². The number of H-pyrrole nitrogens is 2. The first-order chi connectivity index (χ1) is 12.5. The summed E-state index contributed by atoms with van der Waals surface area (Å²) in [5, 5.41) is 17.3. The van der Waals surface area contributed by atoms with E-state index >= 15 is 0 Å². The van der Waals surface area contributed by atoms with Crippen molar-refractivity contribution < 1.29 is 5.11 Å². The Kier molecular flexibility index (Phi) is 4.01. The number of benzene rings is 2. The molecule has 0 unspecified atom stereocenters. The summed E-state index contributed by atoms with van der Waals surface area (Å²) in [6.07, 6.45) is 0.274. The van der Waals surface area contributed by atoms with Gasteiger partial charge < -0.3 is 5.11 Å². The van der Waals surface area contributed by atoms with Crippen LogP contribution >= 0.6 is 11.6 Å². The van der Waals surface area contributed by atoms with E-state index in [2.05, 4.69) is 15.2 Å². The molecule has 0 radical (unpaired) electrons. The van der Waals surface area contributed by atoms with Crippen molar-refractivity contribution >= 4 is 22.5 Å². The first kappa shape index (κ1) is 16.4. The number of rotatable bonds is 3. The van der Waals surface area contributed by atoms with Gasteiger partial charge in [-0.15, -0.1) is 0 Å². The van der Waals surface area contributed by atoms with Gasteiger partial charge in [0.25, 0.3) is 5.56 Å². The van der Waals surface area contributed by atoms with Gasteiger partial charge in [0.15, 0.2) is 0 Å². The van der Waals surface area contributed by atoms with E-state index in [1.165, 1.54) is 0 Å². The molecule has 0 amide bonds. The number of phenols is 1. The molecule has 4 aromatic rings. The Hall–Kier alpha value is -3.05. The minimum atomic E-state index is -0.208. The molecule has 0 aliphatic rings. The smallest absolute Gasteiger partial charge is 0.268 e. The molecular formula is C20H16ClN3O2. The normalized spacial score (nSPS) is 11.2. The van der Waals surface area contributed by atoms with Crippen molar-refractivity contribution in [1.82, 2.24) is 15.2 Å². The number of hydrogen-bond acceptors (Lipinski definition) is 3. The van der Waals surface area contributed by atoms with Crippen molar-refractivity contribution in [3.8, 4) is 17.0 Å². The Balaban J connectivity index is 1.91. The van der Waals surface area contributed by atoms with Crippen LogP contribution in [0.2, 0.25) is 5.15 Å². The SMILES string of the molecule is Cc1cc(Cl)nc2ccc(O)c(Cc3c(-c4ccccc4)[nH][nH]c3=O)c12. The lowest BCUT2D eigenvalue weighted by molar-refractivity contribution is 0.470. The maximum absolute atomic E-state index is 12.4. The van der Waals surface area contributed by atoms with Gasteiger partial charge in [-0.25, -0.2) is 4.98 Å². The molecule has 0 atom stereocenters. The number of hydrogen-bond donors (Lipinski definition) is 3. The van der Waals surface area contributed by atoms with E-state index in [1.54, 1.807) is 18.2 Å². The largest absolute Gasteiger partial charge is 0.508 e. The van der Waals surface area contributed by atoms with Gasteiger partial charge in [0.2, 0.25) is 0 Å². The van der Waals surface area contributed by atoms with Crippen LogP contribution in [0.15, 0.2) is 53.3 Å². The molecule has 3 N–H and O–H groups in total. The number of halogens is 1. The summed E-state index contributed by atoms with van der Waals surface area (Å²) < 4.78 is 0. The first-order valence-electron chi connectivity index (χ1n) is 8.17. The topological polar surface area (TPSA) is 81.8 Å². The van der Waals surface area contributed by atoms with Crippen LogP contribution in [-0.2, 0) is 6.42 Å². The fourth-order valence-electron chi connectivity index (χ4n) is 3.32. The number of pyridine rings is 1. The van der Waals surface area contributed by atoms with Crippen LogP contribution in [0.5, 0.6) is 5.75 Å². The molecule has 4 rings (SSSR count). The molecular weight excluding hydrogens is 350 g/mol. The Morgan fingerprint density at radius 2 is 1.85 bits per heavy atom. The van der Waals surface area contributed by atoms with E-state index in [9.17, 15) is 9.90 Å². The Morgan fingerprint density at radius 3 is 2.62 bits per heavy atom. The van der Waals surface area contributed by atoms with Crippen molar-refractivity contribution in [2.45, 2.75) is 13.3 Å². The van der Waals surface area contributed by atoms with E-state index in [0.717, 1.165) is 16.5 Å². The van der Waals surface area contributed by atoms with Gasteiger partial charge >= 0.3 is 0 Å². The fourth-order valence-corrected chi connectivity index (χ4v) is 3.57. The van der Waals surface area contributed by atoms with Crippen LogP contribution < -0.4 is 5.56 Å². The van der Waals surface area contributed by atoms with Gasteiger partial charge in [-0.05, 0) is 36.2 Å². The molecule has 0 fully saturated rings. The van der Waals surface area contributed by atoms with Crippen molar-refractivity contribution in [2.24, 2.45) is 0 Å². The number of nitrogens with zero attached hydrogens (tertiary/aromatic N) is 1. The zero-order valence-electron chi connectivity index (χ0n) is 14.0. The van der Waals surface area contributed by atoms with Crippen molar-refractivity contribution in [2.75, 3.05) is 0 Å². The van der Waals surface area contributed by atoms with Crippen LogP contribution in [0.1, 0.15) is 16.7 Å². The summed E-state index contributed by atoms with van der Waals surface area (Å²) in [5.41, 5.74) is 4.22. The second kappa shape index (κ2) is 6.35. The minimum Gasteiger partial charge on any atom is -0.508 e. The highest BCUT2D eigenvalue weighted by molar-refractivity contribution is 6.30. The van der Waals surface area contributed by atoms with E-state index in [-0.39, 0.29) is 17.7 Å². The van der Waals surface area contributed by atoms with Crippen LogP contribution in [0.3, 0.4) is 0 Å². The molecule has 0 spiro atoms. The minimum absolute atomic E-state index is 0.129. The van der Waals surface area contributed by atoms with Crippen LogP contribution in [0.25, 0.3) is 22.2 Å². The zero-order valence-corrected chi connectivity index (χ0v) is 14.8. The number of fused-ring (bicyclic) bond motifs is 1. The molecule has 2 aromatic heterocycles. The lowest BCUT2D eigenvalue weighted by Crippen LogP contribution is -2.07. The molecule has 2 heterocycles. The number of aromatic amines is 2. The van der Waals surface area contributed by atoms with E-state index in [0.29, 0.717) is 27.5 Å². The predicted octanol–water partition coefficient (Wildman–Crippen LogP) is 4.18. The Bertz CT molecular complexity index is 1160. The third-order valence-electron chi connectivity index (χ3n) is 4.52. The molecule has 0 bridgehead atoms. The number of aromatic hydroxyl groups is 1. The highest BCUT2D eigenvalue weighted by Gasteiger charge is 2.18. The number of aryl methyl sites for hydroxylation is 1. The van der Waals surface area contributed by atoms with Gasteiger partial charge in [0.05, 0.1) is 11.2 Å². The standard InChI is InChI=1S/C20H16ClN3O2/c1-11-9-17(21)22-15-7-8-16(25)13(18(11)15)10-14-19(23-24-20(14)26)12-5-3-2-4-6-12/h2-9,25H,10H2,1H3,(H2,23,24,26). The molecule has 0 aliphatic carbocycles. The highest BCUT2D eigenvalue weighted by Crippen LogP contribution is 2.33. The summed E-state index contributed by atoms with van der Waals surface area (Å²) in [6, 6.07) is 14.7. The molecule has 26 heavy (non-hydrogen) atoms. The van der Waals surface area contributed by atoms with E-state index < -0.39 is 0 Å². The summed E-state index contributed by atoms with van der Waals surface area (Å²) >= 11 is 6.06. The number of aromatic nitrogens is 3. The zero-order chi connectivity index (χ0) is 18.3. The number of phenolic OH excluding ortho intramolecular Hbond substituents is 1. The Labute approximate surface area is 154 Å². The van der Waals surface area contributed by atoms with Gasteiger partial charge in [-0.2, -0.15) is 0 Å². The van der Waals surface area contributed by atoms with E-state index in [1.807, 2.05) is 37.3 Å². The highest BCUT2D eigenvalue weighted by atomic mass is 35.5. The first-order valence-corrected chi connectivity index (χ1v) is 8.55.